The molecule has 0 fully saturated rings. The average Bonchev–Trinajstić information content (AvgIpc) is 2.48. The molecular formula is C16H15Cl2NO2. The van der Waals surface area contributed by atoms with Crippen LogP contribution >= 0.6 is 23.2 Å². The van der Waals surface area contributed by atoms with Crippen molar-refractivity contribution in [3.05, 3.63) is 63.6 Å². The average molecular weight is 324 g/mol. The standard InChI is InChI=1S/C16H15Cl2NO2/c1-2-14(10-3-6-12(17)7-4-10)19-16(21)11-5-8-15(20)13(18)9-11/h3-9,14,20H,2H2,1H3,(H,19,21). The van der Waals surface area contributed by atoms with Crippen LogP contribution in [0, 0.1) is 0 Å². The molecule has 1 unspecified atom stereocenters. The maximum Gasteiger partial charge on any atom is 0.251 e. The number of phenolic OH excluding ortho intramolecular Hbond substituents is 1. The molecule has 110 valence electrons. The molecule has 5 heteroatoms. The van der Waals surface area contributed by atoms with Crippen molar-refractivity contribution in [3.63, 3.8) is 0 Å². The number of carbonyl (C=O) groups is 1. The topological polar surface area (TPSA) is 49.3 Å². The van der Waals surface area contributed by atoms with Gasteiger partial charge in [-0.25, -0.2) is 0 Å². The van der Waals surface area contributed by atoms with E-state index in [1.807, 2.05) is 19.1 Å². The van der Waals surface area contributed by atoms with Crippen LogP contribution in [0.5, 0.6) is 5.75 Å². The molecule has 2 aromatic carbocycles. The summed E-state index contributed by atoms with van der Waals surface area (Å²) in [5, 5.41) is 13.1. The smallest absolute Gasteiger partial charge is 0.251 e. The zero-order valence-electron chi connectivity index (χ0n) is 11.4. The zero-order chi connectivity index (χ0) is 15.4. The summed E-state index contributed by atoms with van der Waals surface area (Å²) >= 11 is 11.7. The molecular weight excluding hydrogens is 309 g/mol. The highest BCUT2D eigenvalue weighted by molar-refractivity contribution is 6.32. The molecule has 2 aromatic rings. The largest absolute Gasteiger partial charge is 0.506 e. The highest BCUT2D eigenvalue weighted by Crippen LogP contribution is 2.24. The van der Waals surface area contributed by atoms with Crippen LogP contribution in [0.1, 0.15) is 35.3 Å². The van der Waals surface area contributed by atoms with Gasteiger partial charge in [-0.2, -0.15) is 0 Å². The lowest BCUT2D eigenvalue weighted by atomic mass is 10.0. The third kappa shape index (κ3) is 3.90. The minimum atomic E-state index is -0.237. The predicted molar refractivity (Wildman–Crippen MR) is 85.1 cm³/mol. The second kappa shape index (κ2) is 6.83. The van der Waals surface area contributed by atoms with Crippen molar-refractivity contribution >= 4 is 29.1 Å². The summed E-state index contributed by atoms with van der Waals surface area (Å²) in [6, 6.07) is 11.6. The van der Waals surface area contributed by atoms with Gasteiger partial charge in [-0.05, 0) is 42.3 Å². The molecule has 0 bridgehead atoms. The van der Waals surface area contributed by atoms with Gasteiger partial charge in [0, 0.05) is 10.6 Å². The maximum absolute atomic E-state index is 12.2. The number of aromatic hydroxyl groups is 1. The summed E-state index contributed by atoms with van der Waals surface area (Å²) in [7, 11) is 0. The fourth-order valence-electron chi connectivity index (χ4n) is 2.01. The summed E-state index contributed by atoms with van der Waals surface area (Å²) in [6.07, 6.45) is 0.749. The lowest BCUT2D eigenvalue weighted by Gasteiger charge is -2.17. The van der Waals surface area contributed by atoms with Crippen molar-refractivity contribution in [1.82, 2.24) is 5.32 Å². The quantitative estimate of drug-likeness (QED) is 0.865. The van der Waals surface area contributed by atoms with Gasteiger partial charge in [0.2, 0.25) is 0 Å². The molecule has 21 heavy (non-hydrogen) atoms. The van der Waals surface area contributed by atoms with E-state index in [0.717, 1.165) is 12.0 Å². The third-order valence-corrected chi connectivity index (χ3v) is 3.75. The Hall–Kier alpha value is -1.71. The van der Waals surface area contributed by atoms with E-state index in [1.165, 1.54) is 18.2 Å². The molecule has 0 saturated heterocycles. The molecule has 0 radical (unpaired) electrons. The Kier molecular flexibility index (Phi) is 5.10. The normalized spacial score (nSPS) is 12.0. The molecule has 0 spiro atoms. The van der Waals surface area contributed by atoms with Crippen LogP contribution in [-0.2, 0) is 0 Å². The van der Waals surface area contributed by atoms with Crippen LogP contribution in [0.3, 0.4) is 0 Å². The van der Waals surface area contributed by atoms with E-state index in [2.05, 4.69) is 5.32 Å². The number of benzene rings is 2. The molecule has 2 N–H and O–H groups in total. The summed E-state index contributed by atoms with van der Waals surface area (Å²) in [4.78, 5) is 12.2. The molecule has 0 saturated carbocycles. The van der Waals surface area contributed by atoms with Crippen LogP contribution in [0.4, 0.5) is 0 Å². The number of carbonyl (C=O) groups excluding carboxylic acids is 1. The van der Waals surface area contributed by atoms with Gasteiger partial charge in [0.25, 0.3) is 5.91 Å². The van der Waals surface area contributed by atoms with Crippen molar-refractivity contribution in [3.8, 4) is 5.75 Å². The van der Waals surface area contributed by atoms with E-state index >= 15 is 0 Å². The first-order valence-electron chi connectivity index (χ1n) is 6.56. The van der Waals surface area contributed by atoms with Crippen LogP contribution in [-0.4, -0.2) is 11.0 Å². The summed E-state index contributed by atoms with van der Waals surface area (Å²) in [5.74, 6) is -0.281. The van der Waals surface area contributed by atoms with Crippen LogP contribution in [0.15, 0.2) is 42.5 Å². The maximum atomic E-state index is 12.2. The van der Waals surface area contributed by atoms with Crippen LogP contribution in [0.2, 0.25) is 10.0 Å². The summed E-state index contributed by atoms with van der Waals surface area (Å²) < 4.78 is 0. The van der Waals surface area contributed by atoms with E-state index in [0.29, 0.717) is 10.6 Å². The van der Waals surface area contributed by atoms with Gasteiger partial charge < -0.3 is 10.4 Å². The first-order valence-corrected chi connectivity index (χ1v) is 7.31. The Labute approximate surface area is 133 Å². The van der Waals surface area contributed by atoms with Gasteiger partial charge in [0.1, 0.15) is 5.75 Å². The number of halogens is 2. The summed E-state index contributed by atoms with van der Waals surface area (Å²) in [6.45, 7) is 1.99. The lowest BCUT2D eigenvalue weighted by molar-refractivity contribution is 0.0935. The van der Waals surface area contributed by atoms with Crippen LogP contribution in [0.25, 0.3) is 0 Å². The van der Waals surface area contributed by atoms with E-state index in [1.54, 1.807) is 12.1 Å². The molecule has 0 aliphatic rings. The Morgan fingerprint density at radius 2 is 1.86 bits per heavy atom. The molecule has 1 atom stereocenters. The molecule has 2 rings (SSSR count). The van der Waals surface area contributed by atoms with Crippen molar-refractivity contribution < 1.29 is 9.90 Å². The molecule has 1 amide bonds. The van der Waals surface area contributed by atoms with Crippen LogP contribution < -0.4 is 5.32 Å². The third-order valence-electron chi connectivity index (χ3n) is 3.20. The van der Waals surface area contributed by atoms with Gasteiger partial charge in [0.05, 0.1) is 11.1 Å². The zero-order valence-corrected chi connectivity index (χ0v) is 12.9. The Bertz CT molecular complexity index is 641. The van der Waals surface area contributed by atoms with Crippen molar-refractivity contribution in [2.24, 2.45) is 0 Å². The number of nitrogens with one attached hydrogen (secondary N) is 1. The number of hydrogen-bond acceptors (Lipinski definition) is 2. The highest BCUT2D eigenvalue weighted by Gasteiger charge is 2.15. The van der Waals surface area contributed by atoms with E-state index in [4.69, 9.17) is 23.2 Å². The fraction of sp³-hybridized carbons (Fsp3) is 0.188. The summed E-state index contributed by atoms with van der Waals surface area (Å²) in [5.41, 5.74) is 1.39. The molecule has 3 nitrogen and oxygen atoms in total. The predicted octanol–water partition coefficient (Wildman–Crippen LogP) is 4.58. The van der Waals surface area contributed by atoms with E-state index in [-0.39, 0.29) is 22.7 Å². The van der Waals surface area contributed by atoms with E-state index < -0.39 is 0 Å². The monoisotopic (exact) mass is 323 g/mol. The van der Waals surface area contributed by atoms with Gasteiger partial charge in [-0.15, -0.1) is 0 Å². The van der Waals surface area contributed by atoms with Crippen molar-refractivity contribution in [2.75, 3.05) is 0 Å². The minimum Gasteiger partial charge on any atom is -0.506 e. The van der Waals surface area contributed by atoms with E-state index in [9.17, 15) is 9.90 Å². The van der Waals surface area contributed by atoms with Crippen molar-refractivity contribution in [1.29, 1.82) is 0 Å². The van der Waals surface area contributed by atoms with Gasteiger partial charge >= 0.3 is 0 Å². The Morgan fingerprint density at radius 3 is 2.43 bits per heavy atom. The number of amides is 1. The van der Waals surface area contributed by atoms with Gasteiger partial charge in [0.15, 0.2) is 0 Å². The number of phenols is 1. The van der Waals surface area contributed by atoms with Gasteiger partial charge in [-0.1, -0.05) is 42.3 Å². The minimum absolute atomic E-state index is 0.0436. The number of rotatable bonds is 4. The highest BCUT2D eigenvalue weighted by atomic mass is 35.5. The first kappa shape index (κ1) is 15.7. The molecule has 0 aliphatic carbocycles. The second-order valence-corrected chi connectivity index (χ2v) is 5.50. The number of hydrogen-bond donors (Lipinski definition) is 2. The molecule has 0 aliphatic heterocycles. The first-order chi connectivity index (χ1) is 10.0. The Balaban J connectivity index is 2.15. The fourth-order valence-corrected chi connectivity index (χ4v) is 2.31. The van der Waals surface area contributed by atoms with Gasteiger partial charge in [-0.3, -0.25) is 4.79 Å². The second-order valence-electron chi connectivity index (χ2n) is 4.65. The molecule has 0 aromatic heterocycles. The Morgan fingerprint density at radius 1 is 1.19 bits per heavy atom. The van der Waals surface area contributed by atoms with Crippen molar-refractivity contribution in [2.45, 2.75) is 19.4 Å². The SMILES string of the molecule is CCC(NC(=O)c1ccc(O)c(Cl)c1)c1ccc(Cl)cc1. The molecule has 0 heterocycles. The lowest BCUT2D eigenvalue weighted by Crippen LogP contribution is -2.28.